The number of ether oxygens (including phenoxy) is 1. The van der Waals surface area contributed by atoms with Crippen LogP contribution in [0.3, 0.4) is 0 Å². The van der Waals surface area contributed by atoms with E-state index in [1.165, 1.54) is 12.1 Å². The third kappa shape index (κ3) is 4.70. The van der Waals surface area contributed by atoms with Crippen LogP contribution in [-0.4, -0.2) is 16.0 Å². The van der Waals surface area contributed by atoms with Crippen LogP contribution in [0.5, 0.6) is 5.75 Å². The topological polar surface area (TPSA) is 89.7 Å². The molecule has 3 aromatic carbocycles. The highest BCUT2D eigenvalue weighted by molar-refractivity contribution is 5.75. The first-order valence-electron chi connectivity index (χ1n) is 8.29. The molecule has 136 valence electrons. The van der Waals surface area contributed by atoms with Crippen molar-refractivity contribution < 1.29 is 19.6 Å². The zero-order valence-electron chi connectivity index (χ0n) is 14.4. The molecule has 3 rings (SSSR count). The zero-order chi connectivity index (χ0) is 19.2. The first-order chi connectivity index (χ1) is 13.0. The van der Waals surface area contributed by atoms with E-state index in [1.54, 1.807) is 30.3 Å². The van der Waals surface area contributed by atoms with Crippen molar-refractivity contribution in [3.8, 4) is 16.9 Å². The van der Waals surface area contributed by atoms with Gasteiger partial charge < -0.3 is 9.84 Å². The van der Waals surface area contributed by atoms with Crippen LogP contribution < -0.4 is 4.74 Å². The quantitative estimate of drug-likeness (QED) is 0.494. The molecule has 0 aliphatic rings. The summed E-state index contributed by atoms with van der Waals surface area (Å²) in [5, 5.41) is 19.9. The molecule has 0 saturated heterocycles. The average Bonchev–Trinajstić information content (AvgIpc) is 2.67. The second-order valence-corrected chi connectivity index (χ2v) is 5.98. The number of carboxylic acids is 1. The molecule has 6 nitrogen and oxygen atoms in total. The Labute approximate surface area is 155 Å². The molecular formula is C21H17NO5. The smallest absolute Gasteiger partial charge is 0.307 e. The Balaban J connectivity index is 1.94. The predicted molar refractivity (Wildman–Crippen MR) is 101 cm³/mol. The van der Waals surface area contributed by atoms with Gasteiger partial charge in [-0.15, -0.1) is 0 Å². The number of aliphatic carboxylic acids is 1. The summed E-state index contributed by atoms with van der Waals surface area (Å²) >= 11 is 0. The third-order valence-electron chi connectivity index (χ3n) is 4.03. The standard InChI is InChI=1S/C21H17NO5/c23-21(24)13-16-6-11-20(27-14-15-4-2-1-3-5-15)19(12-16)17-7-9-18(10-8-17)22(25)26/h1-12H,13-14H2,(H,23,24). The van der Waals surface area contributed by atoms with E-state index in [0.29, 0.717) is 23.5 Å². The largest absolute Gasteiger partial charge is 0.488 e. The van der Waals surface area contributed by atoms with Crippen LogP contribution in [0.25, 0.3) is 11.1 Å². The summed E-state index contributed by atoms with van der Waals surface area (Å²) in [5.41, 5.74) is 3.03. The van der Waals surface area contributed by atoms with E-state index in [-0.39, 0.29) is 12.1 Å². The van der Waals surface area contributed by atoms with Crippen molar-refractivity contribution >= 4 is 11.7 Å². The van der Waals surface area contributed by atoms with Crippen molar-refractivity contribution in [1.29, 1.82) is 0 Å². The van der Waals surface area contributed by atoms with E-state index in [2.05, 4.69) is 0 Å². The van der Waals surface area contributed by atoms with Crippen LogP contribution >= 0.6 is 0 Å². The van der Waals surface area contributed by atoms with E-state index < -0.39 is 10.9 Å². The number of nitrogens with zero attached hydrogens (tertiary/aromatic N) is 1. The second kappa shape index (κ2) is 8.14. The Bertz CT molecular complexity index is 952. The number of rotatable bonds is 7. The van der Waals surface area contributed by atoms with Crippen molar-refractivity contribution in [2.24, 2.45) is 0 Å². The molecular weight excluding hydrogens is 346 g/mol. The van der Waals surface area contributed by atoms with Gasteiger partial charge in [0.15, 0.2) is 0 Å². The Hall–Kier alpha value is -3.67. The fraction of sp³-hybridized carbons (Fsp3) is 0.0952. The lowest BCUT2D eigenvalue weighted by atomic mass is 10.00. The summed E-state index contributed by atoms with van der Waals surface area (Å²) in [6.45, 7) is 0.360. The SMILES string of the molecule is O=C(O)Cc1ccc(OCc2ccccc2)c(-c2ccc([N+](=O)[O-])cc2)c1. The molecule has 0 aromatic heterocycles. The minimum absolute atomic E-state index is 0.00723. The van der Waals surface area contributed by atoms with Crippen LogP contribution in [-0.2, 0) is 17.8 Å². The summed E-state index contributed by atoms with van der Waals surface area (Å²) in [6, 6.07) is 21.0. The Kier molecular flexibility index (Phi) is 5.47. The van der Waals surface area contributed by atoms with Crippen molar-refractivity contribution in [3.05, 3.63) is 94.0 Å². The Morgan fingerprint density at radius 2 is 1.67 bits per heavy atom. The monoisotopic (exact) mass is 363 g/mol. The number of hydrogen-bond acceptors (Lipinski definition) is 4. The summed E-state index contributed by atoms with van der Waals surface area (Å²) in [7, 11) is 0. The number of nitro groups is 1. The van der Waals surface area contributed by atoms with Gasteiger partial charge in [-0.1, -0.05) is 36.4 Å². The molecule has 0 radical (unpaired) electrons. The highest BCUT2D eigenvalue weighted by atomic mass is 16.6. The molecule has 1 N–H and O–H groups in total. The first-order valence-corrected chi connectivity index (χ1v) is 8.29. The van der Waals surface area contributed by atoms with Gasteiger partial charge in [-0.2, -0.15) is 0 Å². The number of benzene rings is 3. The number of carboxylic acid groups (broad SMARTS) is 1. The maximum atomic E-state index is 11.0. The summed E-state index contributed by atoms with van der Waals surface area (Å²) in [6.07, 6.45) is -0.112. The van der Waals surface area contributed by atoms with Crippen molar-refractivity contribution in [3.63, 3.8) is 0 Å². The molecule has 0 bridgehead atoms. The van der Waals surface area contributed by atoms with Crippen molar-refractivity contribution in [2.45, 2.75) is 13.0 Å². The van der Waals surface area contributed by atoms with Gasteiger partial charge in [0.05, 0.1) is 11.3 Å². The fourth-order valence-electron chi connectivity index (χ4n) is 2.71. The molecule has 0 heterocycles. The van der Waals surface area contributed by atoms with E-state index >= 15 is 0 Å². The zero-order valence-corrected chi connectivity index (χ0v) is 14.4. The third-order valence-corrected chi connectivity index (χ3v) is 4.03. The van der Waals surface area contributed by atoms with E-state index in [0.717, 1.165) is 11.1 Å². The van der Waals surface area contributed by atoms with Gasteiger partial charge in [0, 0.05) is 17.7 Å². The van der Waals surface area contributed by atoms with E-state index in [9.17, 15) is 14.9 Å². The number of nitro benzene ring substituents is 1. The van der Waals surface area contributed by atoms with E-state index in [4.69, 9.17) is 9.84 Å². The molecule has 6 heteroatoms. The van der Waals surface area contributed by atoms with Gasteiger partial charge in [0.2, 0.25) is 0 Å². The van der Waals surface area contributed by atoms with Gasteiger partial charge in [-0.3, -0.25) is 14.9 Å². The molecule has 0 fully saturated rings. The van der Waals surface area contributed by atoms with Crippen LogP contribution in [0, 0.1) is 10.1 Å². The van der Waals surface area contributed by atoms with Crippen LogP contribution in [0.1, 0.15) is 11.1 Å². The molecule has 0 aliphatic heterocycles. The normalized spacial score (nSPS) is 10.4. The molecule has 3 aromatic rings. The van der Waals surface area contributed by atoms with Gasteiger partial charge >= 0.3 is 5.97 Å². The minimum Gasteiger partial charge on any atom is -0.488 e. The summed E-state index contributed by atoms with van der Waals surface area (Å²) < 4.78 is 5.93. The van der Waals surface area contributed by atoms with Gasteiger partial charge in [-0.25, -0.2) is 0 Å². The first kappa shape index (κ1) is 18.1. The predicted octanol–water partition coefficient (Wildman–Crippen LogP) is 4.47. The molecule has 0 saturated carbocycles. The lowest BCUT2D eigenvalue weighted by Crippen LogP contribution is -2.02. The highest BCUT2D eigenvalue weighted by Gasteiger charge is 2.12. The lowest BCUT2D eigenvalue weighted by molar-refractivity contribution is -0.384. The van der Waals surface area contributed by atoms with Crippen LogP contribution in [0.2, 0.25) is 0 Å². The maximum Gasteiger partial charge on any atom is 0.307 e. The average molecular weight is 363 g/mol. The Morgan fingerprint density at radius 3 is 2.30 bits per heavy atom. The summed E-state index contributed by atoms with van der Waals surface area (Å²) in [5.74, 6) is -0.343. The highest BCUT2D eigenvalue weighted by Crippen LogP contribution is 2.33. The van der Waals surface area contributed by atoms with Gasteiger partial charge in [-0.05, 0) is 41.0 Å². The molecule has 0 atom stereocenters. The van der Waals surface area contributed by atoms with Gasteiger partial charge in [0.25, 0.3) is 5.69 Å². The molecule has 0 spiro atoms. The molecule has 0 aliphatic carbocycles. The summed E-state index contributed by atoms with van der Waals surface area (Å²) in [4.78, 5) is 21.4. The number of non-ortho nitro benzene ring substituents is 1. The molecule has 0 unspecified atom stereocenters. The fourth-order valence-corrected chi connectivity index (χ4v) is 2.71. The number of carbonyl (C=O) groups is 1. The molecule has 0 amide bonds. The number of hydrogen-bond donors (Lipinski definition) is 1. The van der Waals surface area contributed by atoms with Crippen molar-refractivity contribution in [2.75, 3.05) is 0 Å². The van der Waals surface area contributed by atoms with Crippen LogP contribution in [0.4, 0.5) is 5.69 Å². The van der Waals surface area contributed by atoms with E-state index in [1.807, 2.05) is 30.3 Å². The second-order valence-electron chi connectivity index (χ2n) is 5.98. The minimum atomic E-state index is -0.928. The van der Waals surface area contributed by atoms with Gasteiger partial charge in [0.1, 0.15) is 12.4 Å². The maximum absolute atomic E-state index is 11.0. The molecule has 27 heavy (non-hydrogen) atoms. The van der Waals surface area contributed by atoms with Crippen LogP contribution in [0.15, 0.2) is 72.8 Å². The Morgan fingerprint density at radius 1 is 0.963 bits per heavy atom. The lowest BCUT2D eigenvalue weighted by Gasteiger charge is -2.13. The van der Waals surface area contributed by atoms with Crippen molar-refractivity contribution in [1.82, 2.24) is 0 Å².